The van der Waals surface area contributed by atoms with Crippen LogP contribution in [0.5, 0.6) is 0 Å². The molecule has 0 aliphatic rings. The smallest absolute Gasteiger partial charge is 0.216 e. The molecule has 1 rings (SSSR count). The van der Waals surface area contributed by atoms with E-state index in [1.54, 1.807) is 7.05 Å². The summed E-state index contributed by atoms with van der Waals surface area (Å²) in [5.41, 5.74) is 7.50. The molecule has 0 spiro atoms. The monoisotopic (exact) mass is 286 g/mol. The Balaban J connectivity index is 2.64. The number of nitrogens with zero attached hydrogens (tertiary/aromatic N) is 1. The second kappa shape index (κ2) is 7.59. The number of rotatable bonds is 8. The fourth-order valence-corrected chi connectivity index (χ4v) is 2.66. The number of hydrogen-bond donors (Lipinski definition) is 1. The molecule has 1 aromatic carbocycles. The highest BCUT2D eigenvalue weighted by atomic mass is 32.2. The molecule has 0 bridgehead atoms. The second-order valence-electron chi connectivity index (χ2n) is 4.29. The van der Waals surface area contributed by atoms with Crippen LogP contribution < -0.4 is 5.73 Å². The van der Waals surface area contributed by atoms with Crippen LogP contribution in [0.3, 0.4) is 0 Å². The summed E-state index contributed by atoms with van der Waals surface area (Å²) < 4.78 is 30.4. The predicted octanol–water partition coefficient (Wildman–Crippen LogP) is 0.943. The van der Waals surface area contributed by atoms with Crippen molar-refractivity contribution in [3.63, 3.8) is 0 Å². The fourth-order valence-electron chi connectivity index (χ4n) is 1.67. The van der Waals surface area contributed by atoms with E-state index in [2.05, 4.69) is 0 Å². The van der Waals surface area contributed by atoms with E-state index in [9.17, 15) is 8.42 Å². The summed E-state index contributed by atoms with van der Waals surface area (Å²) in [4.78, 5) is 0. The molecule has 108 valence electrons. The first-order valence-corrected chi connectivity index (χ1v) is 7.90. The molecule has 0 aliphatic carbocycles. The van der Waals surface area contributed by atoms with Gasteiger partial charge >= 0.3 is 0 Å². The van der Waals surface area contributed by atoms with Crippen molar-refractivity contribution in [2.75, 3.05) is 26.0 Å². The van der Waals surface area contributed by atoms with Gasteiger partial charge in [0.25, 0.3) is 0 Å². The third-order valence-corrected chi connectivity index (χ3v) is 4.56. The maximum atomic E-state index is 12.0. The van der Waals surface area contributed by atoms with Crippen molar-refractivity contribution in [2.45, 2.75) is 20.0 Å². The molecule has 0 saturated heterocycles. The molecular weight excluding hydrogens is 264 g/mol. The van der Waals surface area contributed by atoms with Crippen molar-refractivity contribution in [1.82, 2.24) is 4.31 Å². The summed E-state index contributed by atoms with van der Waals surface area (Å²) in [6.45, 7) is 3.40. The highest BCUT2D eigenvalue weighted by Crippen LogP contribution is 2.10. The Morgan fingerprint density at radius 2 is 2.00 bits per heavy atom. The number of benzene rings is 1. The third kappa shape index (κ3) is 5.28. The summed E-state index contributed by atoms with van der Waals surface area (Å²) in [7, 11) is -1.69. The SMILES string of the molecule is CCOCCS(=O)(=O)N(C)Cc1cccc(CN)c1. The molecule has 19 heavy (non-hydrogen) atoms. The highest BCUT2D eigenvalue weighted by molar-refractivity contribution is 7.89. The molecule has 0 atom stereocenters. The van der Waals surface area contributed by atoms with Gasteiger partial charge in [-0.3, -0.25) is 0 Å². The molecule has 5 nitrogen and oxygen atoms in total. The first-order valence-electron chi connectivity index (χ1n) is 6.29. The topological polar surface area (TPSA) is 72.6 Å². The Kier molecular flexibility index (Phi) is 6.44. The molecule has 0 amide bonds. The lowest BCUT2D eigenvalue weighted by Gasteiger charge is -2.17. The molecule has 1 aromatic rings. The first kappa shape index (κ1) is 16.1. The van der Waals surface area contributed by atoms with Gasteiger partial charge in [0, 0.05) is 26.7 Å². The zero-order chi connectivity index (χ0) is 14.3. The van der Waals surface area contributed by atoms with Crippen molar-refractivity contribution in [3.05, 3.63) is 35.4 Å². The molecule has 0 radical (unpaired) electrons. The van der Waals surface area contributed by atoms with Gasteiger partial charge in [-0.2, -0.15) is 0 Å². The van der Waals surface area contributed by atoms with E-state index >= 15 is 0 Å². The summed E-state index contributed by atoms with van der Waals surface area (Å²) in [6.07, 6.45) is 0. The minimum absolute atomic E-state index is 0.00786. The van der Waals surface area contributed by atoms with Crippen LogP contribution >= 0.6 is 0 Å². The van der Waals surface area contributed by atoms with Gasteiger partial charge in [0.15, 0.2) is 0 Å². The number of ether oxygens (including phenoxy) is 1. The minimum atomic E-state index is -3.27. The molecular formula is C13H22N2O3S. The Hall–Kier alpha value is -0.950. The van der Waals surface area contributed by atoms with Crippen molar-refractivity contribution in [3.8, 4) is 0 Å². The second-order valence-corrected chi connectivity index (χ2v) is 6.49. The highest BCUT2D eigenvalue weighted by Gasteiger charge is 2.17. The van der Waals surface area contributed by atoms with E-state index in [1.807, 2.05) is 31.2 Å². The van der Waals surface area contributed by atoms with Gasteiger partial charge in [-0.15, -0.1) is 0 Å². The maximum absolute atomic E-state index is 12.0. The van der Waals surface area contributed by atoms with Gasteiger partial charge in [-0.25, -0.2) is 12.7 Å². The molecule has 0 unspecified atom stereocenters. The van der Waals surface area contributed by atoms with Gasteiger partial charge in [0.05, 0.1) is 12.4 Å². The van der Waals surface area contributed by atoms with Gasteiger partial charge in [0.2, 0.25) is 10.0 Å². The number of sulfonamides is 1. The molecule has 6 heteroatoms. The molecule has 0 aliphatic heterocycles. The van der Waals surface area contributed by atoms with E-state index in [1.165, 1.54) is 4.31 Å². The van der Waals surface area contributed by atoms with E-state index in [0.717, 1.165) is 11.1 Å². The lowest BCUT2D eigenvalue weighted by molar-refractivity contribution is 0.162. The Labute approximate surface area is 115 Å². The zero-order valence-corrected chi connectivity index (χ0v) is 12.3. The van der Waals surface area contributed by atoms with Crippen LogP contribution in [0.1, 0.15) is 18.1 Å². The fraction of sp³-hybridized carbons (Fsp3) is 0.538. The largest absolute Gasteiger partial charge is 0.381 e. The molecule has 0 saturated carbocycles. The van der Waals surface area contributed by atoms with E-state index < -0.39 is 10.0 Å². The molecule has 0 fully saturated rings. The van der Waals surface area contributed by atoms with E-state index in [4.69, 9.17) is 10.5 Å². The predicted molar refractivity (Wildman–Crippen MR) is 76.1 cm³/mol. The minimum Gasteiger partial charge on any atom is -0.381 e. The normalized spacial score (nSPS) is 12.0. The van der Waals surface area contributed by atoms with E-state index in [-0.39, 0.29) is 12.4 Å². The van der Waals surface area contributed by atoms with Crippen molar-refractivity contribution < 1.29 is 13.2 Å². The van der Waals surface area contributed by atoms with Crippen molar-refractivity contribution in [2.24, 2.45) is 5.73 Å². The molecule has 0 aromatic heterocycles. The average Bonchev–Trinajstić information content (AvgIpc) is 2.39. The summed E-state index contributed by atoms with van der Waals surface area (Å²) in [5, 5.41) is 0. The van der Waals surface area contributed by atoms with Crippen LogP contribution in [0.2, 0.25) is 0 Å². The number of nitrogens with two attached hydrogens (primary N) is 1. The Morgan fingerprint density at radius 1 is 1.32 bits per heavy atom. The average molecular weight is 286 g/mol. The zero-order valence-electron chi connectivity index (χ0n) is 11.5. The van der Waals surface area contributed by atoms with Crippen LogP contribution in [0, 0.1) is 0 Å². The third-order valence-electron chi connectivity index (χ3n) is 2.80. The standard InChI is InChI=1S/C13H22N2O3S/c1-3-18-7-8-19(16,17)15(2)11-13-6-4-5-12(9-13)10-14/h4-6,9H,3,7-8,10-11,14H2,1-2H3. The van der Waals surface area contributed by atoms with Crippen LogP contribution in [-0.4, -0.2) is 38.7 Å². The van der Waals surface area contributed by atoms with Crippen molar-refractivity contribution >= 4 is 10.0 Å². The Morgan fingerprint density at radius 3 is 2.63 bits per heavy atom. The number of hydrogen-bond acceptors (Lipinski definition) is 4. The van der Waals surface area contributed by atoms with Crippen LogP contribution in [0.25, 0.3) is 0 Å². The molecule has 0 heterocycles. The van der Waals surface area contributed by atoms with Crippen LogP contribution in [-0.2, 0) is 27.8 Å². The Bertz CT molecular complexity index is 488. The van der Waals surface area contributed by atoms with Crippen molar-refractivity contribution in [1.29, 1.82) is 0 Å². The van der Waals surface area contributed by atoms with Gasteiger partial charge in [-0.05, 0) is 18.1 Å². The lowest BCUT2D eigenvalue weighted by Crippen LogP contribution is -2.30. The van der Waals surface area contributed by atoms with Gasteiger partial charge in [-0.1, -0.05) is 24.3 Å². The summed E-state index contributed by atoms with van der Waals surface area (Å²) >= 11 is 0. The molecule has 2 N–H and O–H groups in total. The maximum Gasteiger partial charge on any atom is 0.216 e. The van der Waals surface area contributed by atoms with Crippen LogP contribution in [0.4, 0.5) is 0 Å². The first-order chi connectivity index (χ1) is 8.99. The van der Waals surface area contributed by atoms with Gasteiger partial charge in [0.1, 0.15) is 0 Å². The lowest BCUT2D eigenvalue weighted by atomic mass is 10.1. The summed E-state index contributed by atoms with van der Waals surface area (Å²) in [5.74, 6) is 0.00786. The summed E-state index contributed by atoms with van der Waals surface area (Å²) in [6, 6.07) is 7.63. The van der Waals surface area contributed by atoms with Gasteiger partial charge < -0.3 is 10.5 Å². The van der Waals surface area contributed by atoms with E-state index in [0.29, 0.717) is 19.7 Å². The van der Waals surface area contributed by atoms with Crippen LogP contribution in [0.15, 0.2) is 24.3 Å². The quantitative estimate of drug-likeness (QED) is 0.722.